The number of aryl methyl sites for hydroxylation is 1. The Morgan fingerprint density at radius 3 is 2.50 bits per heavy atom. The molecule has 0 bridgehead atoms. The summed E-state index contributed by atoms with van der Waals surface area (Å²) >= 11 is 0. The van der Waals surface area contributed by atoms with Gasteiger partial charge in [0, 0.05) is 6.54 Å². The Morgan fingerprint density at radius 1 is 1.11 bits per heavy atom. The van der Waals surface area contributed by atoms with Gasteiger partial charge in [0.2, 0.25) is 0 Å². The number of hydrogen-bond donors (Lipinski definition) is 2. The summed E-state index contributed by atoms with van der Waals surface area (Å²) in [6, 6.07) is 13.0. The topological polar surface area (TPSA) is 38.0 Å². The number of para-hydroxylation sites is 1. The molecular formula is C15H17FN2. The van der Waals surface area contributed by atoms with E-state index in [1.54, 1.807) is 12.1 Å². The zero-order valence-electron chi connectivity index (χ0n) is 10.4. The lowest BCUT2D eigenvalue weighted by atomic mass is 10.1. The highest BCUT2D eigenvalue weighted by atomic mass is 19.1. The van der Waals surface area contributed by atoms with Gasteiger partial charge in [0.1, 0.15) is 5.82 Å². The van der Waals surface area contributed by atoms with Crippen molar-refractivity contribution in [3.8, 4) is 0 Å². The Bertz CT molecular complexity index is 500. The van der Waals surface area contributed by atoms with Gasteiger partial charge in [-0.1, -0.05) is 35.9 Å². The van der Waals surface area contributed by atoms with Crippen LogP contribution in [0.4, 0.5) is 15.8 Å². The number of hydrogen-bond acceptors (Lipinski definition) is 2. The summed E-state index contributed by atoms with van der Waals surface area (Å²) in [6.45, 7) is 2.72. The summed E-state index contributed by atoms with van der Waals surface area (Å²) in [7, 11) is 0. The number of anilines is 2. The first-order valence-corrected chi connectivity index (χ1v) is 6.00. The van der Waals surface area contributed by atoms with Crippen molar-refractivity contribution in [3.05, 3.63) is 59.4 Å². The van der Waals surface area contributed by atoms with E-state index in [2.05, 4.69) is 36.5 Å². The van der Waals surface area contributed by atoms with Gasteiger partial charge in [0.25, 0.3) is 0 Å². The zero-order valence-corrected chi connectivity index (χ0v) is 10.4. The van der Waals surface area contributed by atoms with Crippen molar-refractivity contribution in [1.82, 2.24) is 0 Å². The van der Waals surface area contributed by atoms with E-state index >= 15 is 0 Å². The van der Waals surface area contributed by atoms with Gasteiger partial charge in [-0.15, -0.1) is 0 Å². The quantitative estimate of drug-likeness (QED) is 0.809. The molecule has 18 heavy (non-hydrogen) atoms. The van der Waals surface area contributed by atoms with Crippen LogP contribution in [0, 0.1) is 12.7 Å². The van der Waals surface area contributed by atoms with Crippen molar-refractivity contribution in [1.29, 1.82) is 0 Å². The molecule has 2 aromatic rings. The van der Waals surface area contributed by atoms with Gasteiger partial charge >= 0.3 is 0 Å². The van der Waals surface area contributed by atoms with E-state index in [0.29, 0.717) is 17.9 Å². The zero-order chi connectivity index (χ0) is 13.0. The molecule has 2 nitrogen and oxygen atoms in total. The molecule has 0 aromatic heterocycles. The lowest BCUT2D eigenvalue weighted by Gasteiger charge is -2.10. The average Bonchev–Trinajstić information content (AvgIpc) is 2.35. The molecule has 2 rings (SSSR count). The fourth-order valence-corrected chi connectivity index (χ4v) is 1.81. The number of rotatable bonds is 4. The van der Waals surface area contributed by atoms with Crippen molar-refractivity contribution in [2.75, 3.05) is 17.6 Å². The summed E-state index contributed by atoms with van der Waals surface area (Å²) in [5, 5.41) is 3.04. The molecule has 0 amide bonds. The first kappa shape index (κ1) is 12.4. The van der Waals surface area contributed by atoms with Crippen molar-refractivity contribution in [3.63, 3.8) is 0 Å². The highest BCUT2D eigenvalue weighted by molar-refractivity contribution is 5.66. The van der Waals surface area contributed by atoms with E-state index in [-0.39, 0.29) is 5.82 Å². The highest BCUT2D eigenvalue weighted by Gasteiger charge is 2.04. The first-order chi connectivity index (χ1) is 8.66. The van der Waals surface area contributed by atoms with Gasteiger partial charge < -0.3 is 11.1 Å². The molecular weight excluding hydrogens is 227 g/mol. The van der Waals surface area contributed by atoms with Gasteiger partial charge in [0.15, 0.2) is 0 Å². The molecule has 0 heterocycles. The second-order valence-corrected chi connectivity index (χ2v) is 4.37. The standard InChI is InChI=1S/C15H17FN2/c1-11-5-7-12(8-6-11)9-10-18-15-13(16)3-2-4-14(15)17/h2-8,18H,9-10,17H2,1H3. The predicted molar refractivity (Wildman–Crippen MR) is 74.2 cm³/mol. The number of halogens is 1. The molecule has 0 spiro atoms. The fourth-order valence-electron chi connectivity index (χ4n) is 1.81. The third-order valence-electron chi connectivity index (χ3n) is 2.88. The molecule has 0 fully saturated rings. The van der Waals surface area contributed by atoms with E-state index in [1.165, 1.54) is 17.2 Å². The summed E-state index contributed by atoms with van der Waals surface area (Å²) in [4.78, 5) is 0. The molecule has 0 aliphatic rings. The van der Waals surface area contributed by atoms with Crippen LogP contribution >= 0.6 is 0 Å². The maximum Gasteiger partial charge on any atom is 0.148 e. The molecule has 2 aromatic carbocycles. The molecule has 0 atom stereocenters. The largest absolute Gasteiger partial charge is 0.397 e. The van der Waals surface area contributed by atoms with Gasteiger partial charge in [-0.05, 0) is 31.0 Å². The lowest BCUT2D eigenvalue weighted by Crippen LogP contribution is -2.08. The Labute approximate surface area is 107 Å². The Morgan fingerprint density at radius 2 is 1.83 bits per heavy atom. The molecule has 0 aliphatic heterocycles. The van der Waals surface area contributed by atoms with Crippen LogP contribution in [-0.2, 0) is 6.42 Å². The van der Waals surface area contributed by atoms with Crippen molar-refractivity contribution in [2.45, 2.75) is 13.3 Å². The number of nitrogens with two attached hydrogens (primary N) is 1. The van der Waals surface area contributed by atoms with Gasteiger partial charge in [-0.2, -0.15) is 0 Å². The van der Waals surface area contributed by atoms with Crippen LogP contribution in [0.2, 0.25) is 0 Å². The molecule has 3 N–H and O–H groups in total. The van der Waals surface area contributed by atoms with Gasteiger partial charge in [-0.3, -0.25) is 0 Å². The lowest BCUT2D eigenvalue weighted by molar-refractivity contribution is 0.630. The monoisotopic (exact) mass is 244 g/mol. The minimum Gasteiger partial charge on any atom is -0.397 e. The average molecular weight is 244 g/mol. The normalized spacial score (nSPS) is 10.3. The van der Waals surface area contributed by atoms with Crippen LogP contribution in [0.5, 0.6) is 0 Å². The maximum atomic E-state index is 13.5. The van der Waals surface area contributed by atoms with Crippen molar-refractivity contribution >= 4 is 11.4 Å². The minimum absolute atomic E-state index is 0.307. The van der Waals surface area contributed by atoms with Crippen LogP contribution in [0.25, 0.3) is 0 Å². The van der Waals surface area contributed by atoms with Gasteiger partial charge in [0.05, 0.1) is 11.4 Å². The van der Waals surface area contributed by atoms with Crippen LogP contribution < -0.4 is 11.1 Å². The van der Waals surface area contributed by atoms with Crippen LogP contribution in [-0.4, -0.2) is 6.54 Å². The maximum absolute atomic E-state index is 13.5. The number of nitrogen functional groups attached to an aromatic ring is 1. The molecule has 0 radical (unpaired) electrons. The SMILES string of the molecule is Cc1ccc(CCNc2c(N)cccc2F)cc1. The van der Waals surface area contributed by atoms with E-state index < -0.39 is 0 Å². The van der Waals surface area contributed by atoms with Crippen molar-refractivity contribution in [2.24, 2.45) is 0 Å². The Kier molecular flexibility index (Phi) is 3.82. The minimum atomic E-state index is -0.307. The van der Waals surface area contributed by atoms with Crippen LogP contribution in [0.1, 0.15) is 11.1 Å². The second kappa shape index (κ2) is 5.54. The van der Waals surface area contributed by atoms with Gasteiger partial charge in [-0.25, -0.2) is 4.39 Å². The summed E-state index contributed by atoms with van der Waals surface area (Å²) in [5.41, 5.74) is 9.02. The molecule has 3 heteroatoms. The smallest absolute Gasteiger partial charge is 0.148 e. The van der Waals surface area contributed by atoms with E-state index in [4.69, 9.17) is 5.73 Å². The molecule has 0 saturated heterocycles. The number of nitrogens with one attached hydrogen (secondary N) is 1. The van der Waals surface area contributed by atoms with Crippen molar-refractivity contribution < 1.29 is 4.39 Å². The molecule has 94 valence electrons. The Balaban J connectivity index is 1.94. The van der Waals surface area contributed by atoms with Crippen LogP contribution in [0.3, 0.4) is 0 Å². The van der Waals surface area contributed by atoms with E-state index in [0.717, 1.165) is 6.42 Å². The molecule has 0 saturated carbocycles. The Hall–Kier alpha value is -2.03. The first-order valence-electron chi connectivity index (χ1n) is 6.00. The number of benzene rings is 2. The molecule has 0 aliphatic carbocycles. The summed E-state index contributed by atoms with van der Waals surface area (Å²) in [6.07, 6.45) is 0.841. The highest BCUT2D eigenvalue weighted by Crippen LogP contribution is 2.21. The van der Waals surface area contributed by atoms with E-state index in [1.807, 2.05) is 0 Å². The fraction of sp³-hybridized carbons (Fsp3) is 0.200. The second-order valence-electron chi connectivity index (χ2n) is 4.37. The summed E-state index contributed by atoms with van der Waals surface area (Å²) in [5.74, 6) is -0.307. The third-order valence-corrected chi connectivity index (χ3v) is 2.88. The van der Waals surface area contributed by atoms with Crippen LogP contribution in [0.15, 0.2) is 42.5 Å². The molecule has 0 unspecified atom stereocenters. The van der Waals surface area contributed by atoms with E-state index in [9.17, 15) is 4.39 Å². The third kappa shape index (κ3) is 3.00. The summed E-state index contributed by atoms with van der Waals surface area (Å²) < 4.78 is 13.5. The predicted octanol–water partition coefficient (Wildman–Crippen LogP) is 3.37.